The number of aliphatic hydroxyl groups excluding tert-OH is 1. The van der Waals surface area contributed by atoms with E-state index in [1.807, 2.05) is 6.92 Å². The Morgan fingerprint density at radius 1 is 1.28 bits per heavy atom. The molecule has 0 aromatic heterocycles. The summed E-state index contributed by atoms with van der Waals surface area (Å²) in [6.07, 6.45) is 7.35. The molecule has 32 heavy (non-hydrogen) atoms. The van der Waals surface area contributed by atoms with E-state index in [0.29, 0.717) is 37.7 Å². The van der Waals surface area contributed by atoms with Crippen LogP contribution in [-0.4, -0.2) is 46.5 Å². The van der Waals surface area contributed by atoms with E-state index in [1.54, 1.807) is 18.2 Å². The van der Waals surface area contributed by atoms with Crippen LogP contribution in [0.5, 0.6) is 5.75 Å². The van der Waals surface area contributed by atoms with Gasteiger partial charge in [-0.2, -0.15) is 0 Å². The highest BCUT2D eigenvalue weighted by molar-refractivity contribution is 5.94. The summed E-state index contributed by atoms with van der Waals surface area (Å²) < 4.78 is 11.9. The predicted molar refractivity (Wildman–Crippen MR) is 119 cm³/mol. The van der Waals surface area contributed by atoms with Gasteiger partial charge in [-0.15, -0.1) is 0 Å². The van der Waals surface area contributed by atoms with Gasteiger partial charge >= 0.3 is 5.97 Å². The number of esters is 1. The number of rotatable bonds is 4. The van der Waals surface area contributed by atoms with Gasteiger partial charge in [-0.25, -0.2) is 4.79 Å². The summed E-state index contributed by atoms with van der Waals surface area (Å²) in [5, 5.41) is 23.2. The van der Waals surface area contributed by atoms with Gasteiger partial charge in [-0.3, -0.25) is 4.79 Å². The number of phenols is 1. The Labute approximate surface area is 188 Å². The maximum absolute atomic E-state index is 12.9. The van der Waals surface area contributed by atoms with Gasteiger partial charge < -0.3 is 25.0 Å². The molecule has 0 saturated carbocycles. The lowest BCUT2D eigenvalue weighted by atomic mass is 9.91. The maximum atomic E-state index is 12.9. The van der Waals surface area contributed by atoms with Crippen molar-refractivity contribution in [3.05, 3.63) is 53.8 Å². The minimum atomic E-state index is -0.585. The number of carbonyl (C=O) groups is 2. The van der Waals surface area contributed by atoms with E-state index in [-0.39, 0.29) is 29.4 Å². The smallest absolute Gasteiger partial charge is 0.342 e. The number of hydrogen-bond acceptors (Lipinski definition) is 6. The van der Waals surface area contributed by atoms with Crippen LogP contribution in [0, 0.1) is 11.8 Å². The van der Waals surface area contributed by atoms with Crippen LogP contribution in [-0.2, 0) is 20.7 Å². The van der Waals surface area contributed by atoms with Crippen LogP contribution in [0.3, 0.4) is 0 Å². The van der Waals surface area contributed by atoms with Crippen molar-refractivity contribution in [1.82, 2.24) is 5.32 Å². The fraction of sp³-hybridized carbons (Fsp3) is 0.440. The summed E-state index contributed by atoms with van der Waals surface area (Å²) in [6.45, 7) is 1.93. The average molecular weight is 440 g/mol. The molecule has 1 fully saturated rings. The number of allylic oxidation sites excluding steroid dienone is 1. The third-order valence-corrected chi connectivity index (χ3v) is 5.37. The number of aromatic hydroxyl groups is 1. The van der Waals surface area contributed by atoms with Crippen molar-refractivity contribution in [3.8, 4) is 17.6 Å². The van der Waals surface area contributed by atoms with Crippen molar-refractivity contribution < 1.29 is 29.3 Å². The third-order valence-electron chi connectivity index (χ3n) is 5.37. The minimum absolute atomic E-state index is 0.134. The van der Waals surface area contributed by atoms with Crippen LogP contribution in [0.4, 0.5) is 0 Å². The zero-order chi connectivity index (χ0) is 22.9. The highest BCUT2D eigenvalue weighted by Gasteiger charge is 2.34. The fourth-order valence-electron chi connectivity index (χ4n) is 3.99. The summed E-state index contributed by atoms with van der Waals surface area (Å²) in [5.41, 5.74) is 0.768. The van der Waals surface area contributed by atoms with E-state index in [9.17, 15) is 19.8 Å². The highest BCUT2D eigenvalue weighted by atomic mass is 16.5. The molecule has 1 saturated heterocycles. The van der Waals surface area contributed by atoms with Crippen molar-refractivity contribution in [1.29, 1.82) is 0 Å². The molecule has 0 aliphatic carbocycles. The van der Waals surface area contributed by atoms with Crippen LogP contribution in [0.1, 0.15) is 54.9 Å². The second-order valence-corrected chi connectivity index (χ2v) is 7.94. The van der Waals surface area contributed by atoms with Crippen LogP contribution >= 0.6 is 0 Å². The Morgan fingerprint density at radius 2 is 2.09 bits per heavy atom. The van der Waals surface area contributed by atoms with Crippen molar-refractivity contribution in [2.75, 3.05) is 0 Å². The van der Waals surface area contributed by atoms with Crippen LogP contribution in [0.25, 0.3) is 0 Å². The summed E-state index contributed by atoms with van der Waals surface area (Å²) in [6, 6.07) is 4.89. The standard InChI is InChI=1S/C25H29NO6/c1-2-3-4-5-11-23(29)26-12-7-9-19-16-21-15-18(27)14-20(31-21)13-17-8-6-10-22(28)24(17)25(30)32-19/h5-8,10-12,18-21,27-28H,2,9,13-16H2,1H3,(H,26,29)/b11-5-,12-7+/t18-,19+,20+,21-/m1/s1. The molecule has 0 radical (unpaired) electrons. The normalized spacial score (nSPS) is 25.5. The van der Waals surface area contributed by atoms with Crippen molar-refractivity contribution in [2.45, 2.75) is 69.9 Å². The molecule has 2 aliphatic heterocycles. The molecular formula is C25H29NO6. The minimum Gasteiger partial charge on any atom is -0.507 e. The number of phenolic OH excluding ortho intramolecular Hbond substituents is 1. The number of hydrogen-bond donors (Lipinski definition) is 3. The van der Waals surface area contributed by atoms with Gasteiger partial charge in [-0.05, 0) is 37.0 Å². The Balaban J connectivity index is 1.71. The second kappa shape index (κ2) is 11.5. The quantitative estimate of drug-likeness (QED) is 0.379. The van der Waals surface area contributed by atoms with Gasteiger partial charge in [0.25, 0.3) is 0 Å². The van der Waals surface area contributed by atoms with E-state index in [4.69, 9.17) is 9.47 Å². The molecule has 1 aromatic carbocycles. The Morgan fingerprint density at radius 3 is 2.91 bits per heavy atom. The number of fused-ring (bicyclic) bond motifs is 3. The lowest BCUT2D eigenvalue weighted by molar-refractivity contribution is -0.115. The molecule has 3 rings (SSSR count). The molecule has 7 heteroatoms. The summed E-state index contributed by atoms with van der Waals surface area (Å²) in [7, 11) is 0. The number of cyclic esters (lactones) is 1. The zero-order valence-electron chi connectivity index (χ0n) is 18.1. The molecule has 2 aliphatic rings. The summed E-state index contributed by atoms with van der Waals surface area (Å²) >= 11 is 0. The van der Waals surface area contributed by atoms with Gasteiger partial charge in [0.2, 0.25) is 5.91 Å². The molecule has 3 N–H and O–H groups in total. The first-order chi connectivity index (χ1) is 15.5. The number of amides is 1. The lowest BCUT2D eigenvalue weighted by Gasteiger charge is -2.36. The number of aliphatic hydroxyl groups is 1. The topological polar surface area (TPSA) is 105 Å². The van der Waals surface area contributed by atoms with E-state index in [0.717, 1.165) is 6.42 Å². The largest absolute Gasteiger partial charge is 0.507 e. The van der Waals surface area contributed by atoms with Crippen LogP contribution in [0.15, 0.2) is 42.6 Å². The van der Waals surface area contributed by atoms with E-state index in [2.05, 4.69) is 17.2 Å². The van der Waals surface area contributed by atoms with Gasteiger partial charge in [0.1, 0.15) is 17.4 Å². The molecule has 7 nitrogen and oxygen atoms in total. The lowest BCUT2D eigenvalue weighted by Crippen LogP contribution is -2.40. The van der Waals surface area contributed by atoms with Gasteiger partial charge in [0.15, 0.2) is 0 Å². The first kappa shape index (κ1) is 23.6. The molecule has 1 amide bonds. The van der Waals surface area contributed by atoms with Crippen molar-refractivity contribution >= 4 is 11.9 Å². The Bertz CT molecular complexity index is 941. The predicted octanol–water partition coefficient (Wildman–Crippen LogP) is 2.76. The van der Waals surface area contributed by atoms with E-state index in [1.165, 1.54) is 24.4 Å². The number of benzene rings is 1. The van der Waals surface area contributed by atoms with Gasteiger partial charge in [-0.1, -0.05) is 37.0 Å². The van der Waals surface area contributed by atoms with Gasteiger partial charge in [0.05, 0.1) is 18.3 Å². The van der Waals surface area contributed by atoms with Crippen LogP contribution < -0.4 is 5.32 Å². The first-order valence-corrected chi connectivity index (χ1v) is 10.9. The SMILES string of the molecule is CCC#C/C=C\C(=O)N/C=C/C[C@H]1C[C@H]2C[C@H](O)C[C@H](Cc3cccc(O)c3C(=O)O1)O2. The second-order valence-electron chi connectivity index (χ2n) is 7.94. The average Bonchev–Trinajstić information content (AvgIpc) is 2.73. The maximum Gasteiger partial charge on any atom is 0.342 e. The number of nitrogens with one attached hydrogen (secondary N) is 1. The monoisotopic (exact) mass is 439 g/mol. The van der Waals surface area contributed by atoms with E-state index >= 15 is 0 Å². The molecule has 170 valence electrons. The van der Waals surface area contributed by atoms with Crippen molar-refractivity contribution in [2.24, 2.45) is 0 Å². The summed E-state index contributed by atoms with van der Waals surface area (Å²) in [5.74, 6) is 4.55. The Kier molecular flexibility index (Phi) is 8.48. The van der Waals surface area contributed by atoms with E-state index < -0.39 is 18.2 Å². The third kappa shape index (κ3) is 6.71. The number of carbonyl (C=O) groups excluding carboxylic acids is 2. The first-order valence-electron chi connectivity index (χ1n) is 10.9. The molecule has 4 atom stereocenters. The molecule has 1 aromatic rings. The van der Waals surface area contributed by atoms with Crippen molar-refractivity contribution in [3.63, 3.8) is 0 Å². The number of ether oxygens (including phenoxy) is 2. The molecule has 2 bridgehead atoms. The molecule has 2 heterocycles. The molecule has 0 unspecified atom stereocenters. The fourth-order valence-corrected chi connectivity index (χ4v) is 3.99. The summed E-state index contributed by atoms with van der Waals surface area (Å²) in [4.78, 5) is 24.6. The van der Waals surface area contributed by atoms with Crippen LogP contribution in [0.2, 0.25) is 0 Å². The zero-order valence-corrected chi connectivity index (χ0v) is 18.1. The molecular weight excluding hydrogens is 410 g/mol. The Hall–Kier alpha value is -3.08. The molecule has 0 spiro atoms. The highest BCUT2D eigenvalue weighted by Crippen LogP contribution is 2.32. The van der Waals surface area contributed by atoms with Gasteiger partial charge in [0, 0.05) is 31.5 Å².